The van der Waals surface area contributed by atoms with Crippen molar-refractivity contribution in [2.45, 2.75) is 4.90 Å². The highest BCUT2D eigenvalue weighted by Gasteiger charge is 2.08. The third-order valence-electron chi connectivity index (χ3n) is 2.26. The minimum absolute atomic E-state index is 0.0232. The second-order valence-corrected chi connectivity index (χ2v) is 4.48. The monoisotopic (exact) mass is 244 g/mol. The standard InChI is InChI=1S/C14H12O2S/c1-16-12-7-5-6-11(10-12)14(15)17-13-8-3-2-4-9-13/h2-10H,1H3. The Kier molecular flexibility index (Phi) is 3.83. The fraction of sp³-hybridized carbons (Fsp3) is 0.0714. The summed E-state index contributed by atoms with van der Waals surface area (Å²) < 4.78 is 5.09. The number of hydrogen-bond acceptors (Lipinski definition) is 3. The number of benzene rings is 2. The molecule has 2 nitrogen and oxygen atoms in total. The molecule has 0 amide bonds. The van der Waals surface area contributed by atoms with Crippen molar-refractivity contribution in [1.29, 1.82) is 0 Å². The van der Waals surface area contributed by atoms with E-state index in [4.69, 9.17) is 4.74 Å². The molecule has 0 saturated heterocycles. The van der Waals surface area contributed by atoms with E-state index in [-0.39, 0.29) is 5.12 Å². The molecule has 0 heterocycles. The first-order chi connectivity index (χ1) is 8.29. The normalized spacial score (nSPS) is 9.94. The van der Waals surface area contributed by atoms with Gasteiger partial charge in [0.1, 0.15) is 5.75 Å². The van der Waals surface area contributed by atoms with E-state index in [0.29, 0.717) is 11.3 Å². The van der Waals surface area contributed by atoms with Gasteiger partial charge in [-0.2, -0.15) is 0 Å². The Morgan fingerprint density at radius 2 is 1.82 bits per heavy atom. The van der Waals surface area contributed by atoms with Crippen LogP contribution < -0.4 is 4.74 Å². The quantitative estimate of drug-likeness (QED) is 0.771. The summed E-state index contributed by atoms with van der Waals surface area (Å²) in [5.41, 5.74) is 0.651. The predicted molar refractivity (Wildman–Crippen MR) is 69.6 cm³/mol. The van der Waals surface area contributed by atoms with E-state index in [1.165, 1.54) is 11.8 Å². The van der Waals surface area contributed by atoms with Crippen LogP contribution in [0.3, 0.4) is 0 Å². The van der Waals surface area contributed by atoms with Crippen molar-refractivity contribution in [2.24, 2.45) is 0 Å². The van der Waals surface area contributed by atoms with Crippen molar-refractivity contribution in [3.8, 4) is 5.75 Å². The average molecular weight is 244 g/mol. The highest BCUT2D eigenvalue weighted by Crippen LogP contribution is 2.24. The van der Waals surface area contributed by atoms with Gasteiger partial charge in [0.15, 0.2) is 0 Å². The Hall–Kier alpha value is -1.74. The summed E-state index contributed by atoms with van der Waals surface area (Å²) in [6.07, 6.45) is 0. The largest absolute Gasteiger partial charge is 0.497 e. The highest BCUT2D eigenvalue weighted by molar-refractivity contribution is 8.14. The lowest BCUT2D eigenvalue weighted by Gasteiger charge is -2.03. The lowest BCUT2D eigenvalue weighted by Crippen LogP contribution is -1.94. The van der Waals surface area contributed by atoms with Gasteiger partial charge in [0.05, 0.1) is 7.11 Å². The number of ether oxygens (including phenoxy) is 1. The number of thioether (sulfide) groups is 1. The molecule has 0 aromatic heterocycles. The molecule has 0 N–H and O–H groups in total. The smallest absolute Gasteiger partial charge is 0.224 e. The number of carbonyl (C=O) groups excluding carboxylic acids is 1. The lowest BCUT2D eigenvalue weighted by atomic mass is 10.2. The molecule has 0 fully saturated rings. The maximum absolute atomic E-state index is 12.0. The maximum Gasteiger partial charge on any atom is 0.224 e. The molecule has 17 heavy (non-hydrogen) atoms. The summed E-state index contributed by atoms with van der Waals surface area (Å²) in [7, 11) is 1.59. The van der Waals surface area contributed by atoms with E-state index in [2.05, 4.69) is 0 Å². The van der Waals surface area contributed by atoms with Crippen LogP contribution in [0.25, 0.3) is 0 Å². The van der Waals surface area contributed by atoms with Gasteiger partial charge in [-0.3, -0.25) is 4.79 Å². The van der Waals surface area contributed by atoms with Gasteiger partial charge >= 0.3 is 0 Å². The Labute approximate surface area is 105 Å². The Morgan fingerprint density at radius 1 is 1.06 bits per heavy atom. The van der Waals surface area contributed by atoms with Gasteiger partial charge in [-0.25, -0.2) is 0 Å². The van der Waals surface area contributed by atoms with Gasteiger partial charge < -0.3 is 4.74 Å². The van der Waals surface area contributed by atoms with Crippen molar-refractivity contribution in [1.82, 2.24) is 0 Å². The van der Waals surface area contributed by atoms with Crippen molar-refractivity contribution >= 4 is 16.9 Å². The van der Waals surface area contributed by atoms with Gasteiger partial charge in [0, 0.05) is 10.5 Å². The molecular weight excluding hydrogens is 232 g/mol. The van der Waals surface area contributed by atoms with Gasteiger partial charge in [0.25, 0.3) is 0 Å². The molecule has 2 rings (SSSR count). The van der Waals surface area contributed by atoms with Crippen LogP contribution in [0.2, 0.25) is 0 Å². The molecule has 0 radical (unpaired) electrons. The third-order valence-corrected chi connectivity index (χ3v) is 3.19. The first kappa shape index (κ1) is 11.7. The molecule has 0 atom stereocenters. The minimum Gasteiger partial charge on any atom is -0.497 e. The molecule has 86 valence electrons. The van der Waals surface area contributed by atoms with Crippen molar-refractivity contribution in [3.63, 3.8) is 0 Å². The molecule has 2 aromatic carbocycles. The SMILES string of the molecule is COc1cccc(C(=O)Sc2ccccc2)c1. The topological polar surface area (TPSA) is 26.3 Å². The zero-order chi connectivity index (χ0) is 12.1. The van der Waals surface area contributed by atoms with E-state index in [1.807, 2.05) is 42.5 Å². The molecule has 0 saturated carbocycles. The summed E-state index contributed by atoms with van der Waals surface area (Å²) in [5, 5.41) is 0.0232. The fourth-order valence-corrected chi connectivity index (χ4v) is 2.16. The van der Waals surface area contributed by atoms with E-state index in [0.717, 1.165) is 4.90 Å². The van der Waals surface area contributed by atoms with E-state index in [1.54, 1.807) is 19.2 Å². The van der Waals surface area contributed by atoms with E-state index >= 15 is 0 Å². The van der Waals surface area contributed by atoms with Crippen molar-refractivity contribution in [3.05, 3.63) is 60.2 Å². The zero-order valence-corrected chi connectivity index (χ0v) is 10.2. The molecule has 3 heteroatoms. The second kappa shape index (κ2) is 5.55. The number of hydrogen-bond donors (Lipinski definition) is 0. The second-order valence-electron chi connectivity index (χ2n) is 3.43. The molecule has 0 aliphatic rings. The third kappa shape index (κ3) is 3.11. The van der Waals surface area contributed by atoms with E-state index in [9.17, 15) is 4.79 Å². The fourth-order valence-electron chi connectivity index (χ4n) is 1.40. The maximum atomic E-state index is 12.0. The summed E-state index contributed by atoms with van der Waals surface area (Å²) in [6, 6.07) is 16.8. The Bertz CT molecular complexity index is 509. The molecule has 0 bridgehead atoms. The van der Waals surface area contributed by atoms with Crippen molar-refractivity contribution < 1.29 is 9.53 Å². The molecule has 0 spiro atoms. The van der Waals surface area contributed by atoms with Gasteiger partial charge in [0.2, 0.25) is 5.12 Å². The van der Waals surface area contributed by atoms with Crippen LogP contribution >= 0.6 is 11.8 Å². The number of rotatable bonds is 3. The molecular formula is C14H12O2S. The number of carbonyl (C=O) groups is 1. The average Bonchev–Trinajstić information content (AvgIpc) is 2.40. The van der Waals surface area contributed by atoms with Crippen LogP contribution in [0, 0.1) is 0 Å². The van der Waals surface area contributed by atoms with Crippen LogP contribution in [0.1, 0.15) is 10.4 Å². The zero-order valence-electron chi connectivity index (χ0n) is 9.42. The first-order valence-electron chi connectivity index (χ1n) is 5.21. The molecule has 2 aromatic rings. The summed E-state index contributed by atoms with van der Waals surface area (Å²) in [4.78, 5) is 12.9. The van der Waals surface area contributed by atoms with Crippen LogP contribution in [0.4, 0.5) is 0 Å². The Balaban J connectivity index is 2.14. The minimum atomic E-state index is 0.0232. The molecule has 0 unspecified atom stereocenters. The Morgan fingerprint density at radius 3 is 2.53 bits per heavy atom. The summed E-state index contributed by atoms with van der Waals surface area (Å²) in [5.74, 6) is 0.699. The van der Waals surface area contributed by atoms with Gasteiger partial charge in [-0.1, -0.05) is 30.3 Å². The van der Waals surface area contributed by atoms with E-state index < -0.39 is 0 Å². The highest BCUT2D eigenvalue weighted by atomic mass is 32.2. The van der Waals surface area contributed by atoms with Crippen LogP contribution in [0.5, 0.6) is 5.75 Å². The molecule has 0 aliphatic heterocycles. The summed E-state index contributed by atoms with van der Waals surface area (Å²) in [6.45, 7) is 0. The van der Waals surface area contributed by atoms with Crippen LogP contribution in [-0.2, 0) is 0 Å². The lowest BCUT2D eigenvalue weighted by molar-refractivity contribution is 0.108. The number of methoxy groups -OCH3 is 1. The summed E-state index contributed by atoms with van der Waals surface area (Å²) >= 11 is 1.22. The van der Waals surface area contributed by atoms with Gasteiger partial charge in [-0.15, -0.1) is 0 Å². The van der Waals surface area contributed by atoms with Crippen LogP contribution in [0.15, 0.2) is 59.5 Å². The first-order valence-corrected chi connectivity index (χ1v) is 6.02. The van der Waals surface area contributed by atoms with Crippen LogP contribution in [-0.4, -0.2) is 12.2 Å². The van der Waals surface area contributed by atoms with Crippen molar-refractivity contribution in [2.75, 3.05) is 7.11 Å². The predicted octanol–water partition coefficient (Wildman–Crippen LogP) is 3.63. The molecule has 0 aliphatic carbocycles. The van der Waals surface area contributed by atoms with Gasteiger partial charge in [-0.05, 0) is 36.0 Å².